The fourth-order valence-corrected chi connectivity index (χ4v) is 2.15. The topological polar surface area (TPSA) is 57.6 Å². The summed E-state index contributed by atoms with van der Waals surface area (Å²) in [6, 6.07) is 9.73. The summed E-state index contributed by atoms with van der Waals surface area (Å²) in [5, 5.41) is 8.51. The smallest absolute Gasteiger partial charge is 0.313 e. The minimum absolute atomic E-state index is 0.0101. The van der Waals surface area contributed by atoms with E-state index in [-0.39, 0.29) is 23.5 Å². The molecule has 1 N–H and O–H groups in total. The Balaban J connectivity index is 2.50. The van der Waals surface area contributed by atoms with E-state index in [1.54, 1.807) is 11.9 Å². The molecule has 18 heavy (non-hydrogen) atoms. The van der Waals surface area contributed by atoms with E-state index in [1.165, 1.54) is 0 Å². The number of rotatable bonds is 6. The molecule has 0 radical (unpaired) electrons. The molecule has 1 aromatic carbocycles. The maximum Gasteiger partial charge on any atom is 0.313 e. The van der Waals surface area contributed by atoms with Crippen LogP contribution in [0.2, 0.25) is 0 Å². The van der Waals surface area contributed by atoms with E-state index in [0.29, 0.717) is 0 Å². The van der Waals surface area contributed by atoms with Gasteiger partial charge in [-0.05, 0) is 12.5 Å². The van der Waals surface area contributed by atoms with Gasteiger partial charge in [-0.25, -0.2) is 0 Å². The zero-order valence-electron chi connectivity index (χ0n) is 10.5. The molecule has 0 aliphatic carbocycles. The van der Waals surface area contributed by atoms with Crippen molar-refractivity contribution in [3.05, 3.63) is 35.9 Å². The third-order valence-electron chi connectivity index (χ3n) is 2.71. The summed E-state index contributed by atoms with van der Waals surface area (Å²) in [6.07, 6.45) is 0. The minimum Gasteiger partial charge on any atom is -0.481 e. The predicted octanol–water partition coefficient (Wildman–Crippen LogP) is 2.02. The van der Waals surface area contributed by atoms with E-state index in [1.807, 2.05) is 37.3 Å². The normalized spacial score (nSPS) is 11.9. The summed E-state index contributed by atoms with van der Waals surface area (Å²) >= 11 is 1.12. The number of nitrogens with zero attached hydrogens (tertiary/aromatic N) is 1. The summed E-state index contributed by atoms with van der Waals surface area (Å²) < 4.78 is 0. The van der Waals surface area contributed by atoms with E-state index in [2.05, 4.69) is 0 Å². The third-order valence-corrected chi connectivity index (χ3v) is 3.61. The van der Waals surface area contributed by atoms with Crippen LogP contribution in [0.4, 0.5) is 0 Å². The molecule has 0 fully saturated rings. The van der Waals surface area contributed by atoms with Gasteiger partial charge in [-0.1, -0.05) is 30.3 Å². The molecule has 0 aliphatic heterocycles. The van der Waals surface area contributed by atoms with Crippen LogP contribution in [0.3, 0.4) is 0 Å². The highest BCUT2D eigenvalue weighted by atomic mass is 32.2. The molecule has 1 rings (SSSR count). The van der Waals surface area contributed by atoms with Crippen LogP contribution in [0.1, 0.15) is 18.5 Å². The number of hydrogen-bond acceptors (Lipinski definition) is 3. The van der Waals surface area contributed by atoms with Gasteiger partial charge in [-0.2, -0.15) is 0 Å². The van der Waals surface area contributed by atoms with Crippen LogP contribution in [-0.4, -0.2) is 40.4 Å². The van der Waals surface area contributed by atoms with E-state index < -0.39 is 5.97 Å². The first kappa shape index (κ1) is 14.6. The highest BCUT2D eigenvalue weighted by molar-refractivity contribution is 8.00. The van der Waals surface area contributed by atoms with Crippen molar-refractivity contribution in [2.24, 2.45) is 0 Å². The summed E-state index contributed by atoms with van der Waals surface area (Å²) in [7, 11) is 1.74. The number of carboxylic acid groups (broad SMARTS) is 1. The van der Waals surface area contributed by atoms with E-state index >= 15 is 0 Å². The Kier molecular flexibility index (Phi) is 5.71. The number of aliphatic carboxylic acids is 1. The molecule has 0 bridgehead atoms. The van der Waals surface area contributed by atoms with Gasteiger partial charge in [-0.15, -0.1) is 11.8 Å². The summed E-state index contributed by atoms with van der Waals surface area (Å²) in [6.45, 7) is 1.95. The standard InChI is InChI=1S/C13H17NO3S/c1-10(11-6-4-3-5-7-11)14(2)12(15)8-18-9-13(16)17/h3-7,10H,8-9H2,1-2H3,(H,16,17). The Hall–Kier alpha value is -1.49. The Morgan fingerprint density at radius 3 is 2.44 bits per heavy atom. The van der Waals surface area contributed by atoms with Gasteiger partial charge >= 0.3 is 5.97 Å². The van der Waals surface area contributed by atoms with Gasteiger partial charge in [-0.3, -0.25) is 9.59 Å². The van der Waals surface area contributed by atoms with Gasteiger partial charge in [0.25, 0.3) is 0 Å². The lowest BCUT2D eigenvalue weighted by molar-refractivity contribution is -0.133. The zero-order valence-corrected chi connectivity index (χ0v) is 11.3. The fourth-order valence-electron chi connectivity index (χ4n) is 1.50. The van der Waals surface area contributed by atoms with Crippen LogP contribution in [-0.2, 0) is 9.59 Å². The first-order valence-corrected chi connectivity index (χ1v) is 6.78. The van der Waals surface area contributed by atoms with Crippen LogP contribution in [0.25, 0.3) is 0 Å². The van der Waals surface area contributed by atoms with Crippen LogP contribution in [0.15, 0.2) is 30.3 Å². The lowest BCUT2D eigenvalue weighted by Gasteiger charge is -2.25. The van der Waals surface area contributed by atoms with Crippen molar-refractivity contribution in [1.29, 1.82) is 0 Å². The van der Waals surface area contributed by atoms with Gasteiger partial charge in [0, 0.05) is 7.05 Å². The van der Waals surface area contributed by atoms with Crippen molar-refractivity contribution in [2.45, 2.75) is 13.0 Å². The number of carbonyl (C=O) groups is 2. The van der Waals surface area contributed by atoms with Gasteiger partial charge in [0.05, 0.1) is 17.5 Å². The molecule has 4 nitrogen and oxygen atoms in total. The van der Waals surface area contributed by atoms with Gasteiger partial charge in [0.15, 0.2) is 0 Å². The van der Waals surface area contributed by atoms with E-state index in [9.17, 15) is 9.59 Å². The summed E-state index contributed by atoms with van der Waals surface area (Å²) in [4.78, 5) is 23.9. The molecule has 98 valence electrons. The molecular formula is C13H17NO3S. The molecule has 0 saturated carbocycles. The lowest BCUT2D eigenvalue weighted by Crippen LogP contribution is -2.31. The highest BCUT2D eigenvalue weighted by Gasteiger charge is 2.17. The average molecular weight is 267 g/mol. The molecule has 1 unspecified atom stereocenters. The number of thioether (sulfide) groups is 1. The number of hydrogen-bond donors (Lipinski definition) is 1. The van der Waals surface area contributed by atoms with Gasteiger partial charge in [0.2, 0.25) is 5.91 Å². The second-order valence-electron chi connectivity index (χ2n) is 3.98. The summed E-state index contributed by atoms with van der Waals surface area (Å²) in [5.41, 5.74) is 1.07. The average Bonchev–Trinajstić information content (AvgIpc) is 2.37. The molecule has 5 heteroatoms. The van der Waals surface area contributed by atoms with E-state index in [4.69, 9.17) is 5.11 Å². The number of carbonyl (C=O) groups excluding carboxylic acids is 1. The molecular weight excluding hydrogens is 250 g/mol. The van der Waals surface area contributed by atoms with Crippen LogP contribution in [0.5, 0.6) is 0 Å². The lowest BCUT2D eigenvalue weighted by atomic mass is 10.1. The minimum atomic E-state index is -0.897. The molecule has 0 spiro atoms. The molecule has 1 aromatic rings. The number of benzene rings is 1. The second kappa shape index (κ2) is 7.06. The Morgan fingerprint density at radius 2 is 1.89 bits per heavy atom. The molecule has 1 atom stereocenters. The van der Waals surface area contributed by atoms with Crippen LogP contribution in [0, 0.1) is 0 Å². The van der Waals surface area contributed by atoms with Crippen molar-refractivity contribution in [3.8, 4) is 0 Å². The maximum atomic E-state index is 11.9. The fraction of sp³-hybridized carbons (Fsp3) is 0.385. The molecule has 1 amide bonds. The van der Waals surface area contributed by atoms with Crippen molar-refractivity contribution in [1.82, 2.24) is 4.90 Å². The van der Waals surface area contributed by atoms with Crippen molar-refractivity contribution in [3.63, 3.8) is 0 Å². The quantitative estimate of drug-likeness (QED) is 0.856. The number of amides is 1. The van der Waals surface area contributed by atoms with Crippen LogP contribution >= 0.6 is 11.8 Å². The molecule has 0 saturated heterocycles. The zero-order chi connectivity index (χ0) is 13.5. The maximum absolute atomic E-state index is 11.9. The van der Waals surface area contributed by atoms with Gasteiger partial charge < -0.3 is 10.0 Å². The van der Waals surface area contributed by atoms with E-state index in [0.717, 1.165) is 17.3 Å². The third kappa shape index (κ3) is 4.41. The first-order valence-electron chi connectivity index (χ1n) is 5.62. The second-order valence-corrected chi connectivity index (χ2v) is 4.96. The van der Waals surface area contributed by atoms with Crippen molar-refractivity contribution >= 4 is 23.6 Å². The first-order chi connectivity index (χ1) is 8.52. The highest BCUT2D eigenvalue weighted by Crippen LogP contribution is 2.19. The Morgan fingerprint density at radius 1 is 1.28 bits per heavy atom. The molecule has 0 aromatic heterocycles. The Bertz CT molecular complexity index is 408. The van der Waals surface area contributed by atoms with Crippen molar-refractivity contribution in [2.75, 3.05) is 18.6 Å². The van der Waals surface area contributed by atoms with Gasteiger partial charge in [0.1, 0.15) is 0 Å². The SMILES string of the molecule is CC(c1ccccc1)N(C)C(=O)CSCC(=O)O. The monoisotopic (exact) mass is 267 g/mol. The predicted molar refractivity (Wildman–Crippen MR) is 72.6 cm³/mol. The van der Waals surface area contributed by atoms with Crippen molar-refractivity contribution < 1.29 is 14.7 Å². The largest absolute Gasteiger partial charge is 0.481 e. The number of carboxylic acids is 1. The molecule has 0 heterocycles. The summed E-state index contributed by atoms with van der Waals surface area (Å²) in [5.74, 6) is -0.802. The molecule has 0 aliphatic rings. The Labute approximate surface area is 111 Å². The van der Waals surface area contributed by atoms with Crippen LogP contribution < -0.4 is 0 Å².